The van der Waals surface area contributed by atoms with Crippen molar-refractivity contribution in [3.05, 3.63) is 71.8 Å². The maximum absolute atomic E-state index is 12.3. The Balaban J connectivity index is 1.88. The molecular formula is C20H20O5. The molecule has 5 heteroatoms. The molecule has 1 N–H and O–H groups in total. The van der Waals surface area contributed by atoms with Crippen LogP contribution in [0.25, 0.3) is 0 Å². The van der Waals surface area contributed by atoms with E-state index in [1.165, 1.54) is 12.1 Å². The summed E-state index contributed by atoms with van der Waals surface area (Å²) < 4.78 is 10.4. The summed E-state index contributed by atoms with van der Waals surface area (Å²) in [4.78, 5) is 23.6. The molecule has 0 aliphatic heterocycles. The van der Waals surface area contributed by atoms with Crippen LogP contribution >= 0.6 is 0 Å². The first kappa shape index (κ1) is 18.3. The van der Waals surface area contributed by atoms with Gasteiger partial charge in [-0.2, -0.15) is 0 Å². The van der Waals surface area contributed by atoms with Gasteiger partial charge in [0.1, 0.15) is 11.5 Å². The van der Waals surface area contributed by atoms with Crippen LogP contribution in [0, 0.1) is 0 Å². The SMILES string of the molecule is C=C(C)C(=O)OCCCOc1ccc(C(=O)c2ccccc2)c(O)c1. The second-order valence-electron chi connectivity index (χ2n) is 5.49. The Hall–Kier alpha value is -3.08. The topological polar surface area (TPSA) is 72.8 Å². The van der Waals surface area contributed by atoms with Crippen LogP contribution in [0.15, 0.2) is 60.7 Å². The average molecular weight is 340 g/mol. The smallest absolute Gasteiger partial charge is 0.333 e. The molecule has 0 atom stereocenters. The largest absolute Gasteiger partial charge is 0.507 e. The fourth-order valence-corrected chi connectivity index (χ4v) is 2.08. The lowest BCUT2D eigenvalue weighted by atomic mass is 10.0. The maximum atomic E-state index is 12.3. The third kappa shape index (κ3) is 5.21. The number of carbonyl (C=O) groups is 2. The van der Waals surface area contributed by atoms with Gasteiger partial charge in [0.05, 0.1) is 18.8 Å². The van der Waals surface area contributed by atoms with E-state index in [9.17, 15) is 14.7 Å². The number of ether oxygens (including phenoxy) is 2. The van der Waals surface area contributed by atoms with E-state index in [-0.39, 0.29) is 23.7 Å². The molecule has 25 heavy (non-hydrogen) atoms. The molecule has 0 aromatic heterocycles. The van der Waals surface area contributed by atoms with Crippen LogP contribution in [0.5, 0.6) is 11.5 Å². The molecule has 0 saturated heterocycles. The van der Waals surface area contributed by atoms with Crippen molar-refractivity contribution < 1.29 is 24.2 Å². The van der Waals surface area contributed by atoms with Gasteiger partial charge in [-0.15, -0.1) is 0 Å². The van der Waals surface area contributed by atoms with E-state index < -0.39 is 5.97 Å². The van der Waals surface area contributed by atoms with Gasteiger partial charge in [0.15, 0.2) is 5.78 Å². The van der Waals surface area contributed by atoms with Crippen LogP contribution in [0.3, 0.4) is 0 Å². The number of aromatic hydroxyl groups is 1. The van der Waals surface area contributed by atoms with E-state index in [0.29, 0.717) is 29.9 Å². The van der Waals surface area contributed by atoms with Crippen LogP contribution in [-0.4, -0.2) is 30.1 Å². The Labute approximate surface area is 146 Å². The molecule has 0 spiro atoms. The van der Waals surface area contributed by atoms with Gasteiger partial charge in [0.2, 0.25) is 0 Å². The van der Waals surface area contributed by atoms with Gasteiger partial charge in [-0.05, 0) is 19.1 Å². The Bertz CT molecular complexity index is 765. The van der Waals surface area contributed by atoms with E-state index in [0.717, 1.165) is 0 Å². The Morgan fingerprint density at radius 3 is 2.44 bits per heavy atom. The van der Waals surface area contributed by atoms with Crippen molar-refractivity contribution in [3.63, 3.8) is 0 Å². The minimum absolute atomic E-state index is 0.139. The Kier molecular flexibility index (Phi) is 6.34. The second kappa shape index (κ2) is 8.68. The summed E-state index contributed by atoms with van der Waals surface area (Å²) in [5.74, 6) is -0.383. The summed E-state index contributed by atoms with van der Waals surface area (Å²) in [6, 6.07) is 13.3. The van der Waals surface area contributed by atoms with E-state index in [2.05, 4.69) is 6.58 Å². The molecule has 0 aliphatic rings. The highest BCUT2D eigenvalue weighted by molar-refractivity contribution is 6.10. The van der Waals surface area contributed by atoms with Gasteiger partial charge < -0.3 is 14.6 Å². The van der Waals surface area contributed by atoms with Gasteiger partial charge >= 0.3 is 5.97 Å². The summed E-state index contributed by atoms with van der Waals surface area (Å²) in [6.45, 7) is 5.62. The lowest BCUT2D eigenvalue weighted by Gasteiger charge is -2.09. The molecule has 0 radical (unpaired) electrons. The summed E-state index contributed by atoms with van der Waals surface area (Å²) >= 11 is 0. The van der Waals surface area contributed by atoms with E-state index >= 15 is 0 Å². The van der Waals surface area contributed by atoms with Gasteiger partial charge in [0.25, 0.3) is 0 Å². The summed E-state index contributed by atoms with van der Waals surface area (Å²) in [5.41, 5.74) is 1.07. The van der Waals surface area contributed by atoms with Gasteiger partial charge in [-0.3, -0.25) is 4.79 Å². The molecule has 0 fully saturated rings. The third-order valence-electron chi connectivity index (χ3n) is 3.39. The van der Waals surface area contributed by atoms with Crippen molar-refractivity contribution in [1.29, 1.82) is 0 Å². The van der Waals surface area contributed by atoms with Crippen molar-refractivity contribution in [3.8, 4) is 11.5 Å². The summed E-state index contributed by atoms with van der Waals surface area (Å²) in [7, 11) is 0. The summed E-state index contributed by atoms with van der Waals surface area (Å²) in [5, 5.41) is 10.1. The van der Waals surface area contributed by atoms with Crippen molar-refractivity contribution in [2.75, 3.05) is 13.2 Å². The van der Waals surface area contributed by atoms with Crippen LogP contribution in [0.1, 0.15) is 29.3 Å². The number of esters is 1. The van der Waals surface area contributed by atoms with Gasteiger partial charge in [-0.1, -0.05) is 36.9 Å². The van der Waals surface area contributed by atoms with Crippen LogP contribution in [0.4, 0.5) is 0 Å². The zero-order valence-electron chi connectivity index (χ0n) is 14.0. The Morgan fingerprint density at radius 1 is 1.08 bits per heavy atom. The predicted octanol–water partition coefficient (Wildman–Crippen LogP) is 3.51. The monoisotopic (exact) mass is 340 g/mol. The number of phenolic OH excluding ortho intramolecular Hbond substituents is 1. The molecule has 0 amide bonds. The zero-order chi connectivity index (χ0) is 18.2. The molecule has 130 valence electrons. The number of carbonyl (C=O) groups excluding carboxylic acids is 2. The minimum atomic E-state index is -0.429. The van der Waals surface area contributed by atoms with Crippen LogP contribution in [-0.2, 0) is 9.53 Å². The van der Waals surface area contributed by atoms with E-state index in [1.54, 1.807) is 37.3 Å². The first-order valence-corrected chi connectivity index (χ1v) is 7.87. The van der Waals surface area contributed by atoms with Crippen molar-refractivity contribution in [2.24, 2.45) is 0 Å². The molecule has 0 bridgehead atoms. The van der Waals surface area contributed by atoms with Crippen LogP contribution in [0.2, 0.25) is 0 Å². The number of phenols is 1. The highest BCUT2D eigenvalue weighted by Crippen LogP contribution is 2.26. The molecule has 0 unspecified atom stereocenters. The molecular weight excluding hydrogens is 320 g/mol. The highest BCUT2D eigenvalue weighted by atomic mass is 16.5. The Morgan fingerprint density at radius 2 is 1.80 bits per heavy atom. The van der Waals surface area contributed by atoms with E-state index in [4.69, 9.17) is 9.47 Å². The zero-order valence-corrected chi connectivity index (χ0v) is 14.0. The normalized spacial score (nSPS) is 10.1. The molecule has 2 rings (SSSR count). The highest BCUT2D eigenvalue weighted by Gasteiger charge is 2.14. The van der Waals surface area contributed by atoms with Gasteiger partial charge in [0, 0.05) is 23.6 Å². The summed E-state index contributed by atoms with van der Waals surface area (Å²) in [6.07, 6.45) is 0.504. The number of ketones is 1. The first-order chi connectivity index (χ1) is 12.0. The fraction of sp³-hybridized carbons (Fsp3) is 0.200. The quantitative estimate of drug-likeness (QED) is 0.344. The lowest BCUT2D eigenvalue weighted by Crippen LogP contribution is -2.09. The van der Waals surface area contributed by atoms with E-state index in [1.807, 2.05) is 6.07 Å². The molecule has 2 aromatic carbocycles. The van der Waals surface area contributed by atoms with Crippen molar-refractivity contribution in [2.45, 2.75) is 13.3 Å². The molecule has 0 aliphatic carbocycles. The number of rotatable bonds is 8. The number of hydrogen-bond donors (Lipinski definition) is 1. The number of hydrogen-bond acceptors (Lipinski definition) is 5. The third-order valence-corrected chi connectivity index (χ3v) is 3.39. The fourth-order valence-electron chi connectivity index (χ4n) is 2.08. The molecule has 5 nitrogen and oxygen atoms in total. The lowest BCUT2D eigenvalue weighted by molar-refractivity contribution is -0.139. The van der Waals surface area contributed by atoms with Crippen LogP contribution < -0.4 is 4.74 Å². The number of benzene rings is 2. The molecule has 0 saturated carbocycles. The second-order valence-corrected chi connectivity index (χ2v) is 5.49. The predicted molar refractivity (Wildman–Crippen MR) is 93.9 cm³/mol. The average Bonchev–Trinajstić information content (AvgIpc) is 2.61. The van der Waals surface area contributed by atoms with Gasteiger partial charge in [-0.25, -0.2) is 4.79 Å². The maximum Gasteiger partial charge on any atom is 0.333 e. The standard InChI is InChI=1S/C20H20O5/c1-14(2)20(23)25-12-6-11-24-16-9-10-17(18(21)13-16)19(22)15-7-4-3-5-8-15/h3-5,7-10,13,21H,1,6,11-12H2,2H3. The molecule has 0 heterocycles. The van der Waals surface area contributed by atoms with Crippen molar-refractivity contribution >= 4 is 11.8 Å². The first-order valence-electron chi connectivity index (χ1n) is 7.87. The van der Waals surface area contributed by atoms with Crippen molar-refractivity contribution in [1.82, 2.24) is 0 Å². The molecule has 2 aromatic rings. The minimum Gasteiger partial charge on any atom is -0.507 e.